The van der Waals surface area contributed by atoms with Crippen LogP contribution in [0, 0.1) is 18.2 Å². The summed E-state index contributed by atoms with van der Waals surface area (Å²) in [6.07, 6.45) is 1.40. The van der Waals surface area contributed by atoms with Gasteiger partial charge in [-0.2, -0.15) is 0 Å². The van der Waals surface area contributed by atoms with Crippen molar-refractivity contribution in [1.29, 1.82) is 0 Å². The number of halogens is 3. The average Bonchev–Trinajstić information content (AvgIpc) is 2.97. The Hall–Kier alpha value is -4.59. The zero-order valence-electron chi connectivity index (χ0n) is 22.4. The van der Waals surface area contributed by atoms with Gasteiger partial charge in [0.2, 0.25) is 0 Å². The summed E-state index contributed by atoms with van der Waals surface area (Å²) in [6.45, 7) is 10.3. The summed E-state index contributed by atoms with van der Waals surface area (Å²) in [5.41, 5.74) is 2.19. The fraction of sp³-hybridized carbons (Fsp3) is 0.226. The van der Waals surface area contributed by atoms with Crippen molar-refractivity contribution in [3.63, 3.8) is 0 Å². The van der Waals surface area contributed by atoms with Crippen molar-refractivity contribution in [2.45, 2.75) is 25.4 Å². The molecule has 2 heterocycles. The smallest absolute Gasteiger partial charge is 0.326 e. The second-order valence-corrected chi connectivity index (χ2v) is 10.3. The molecule has 0 spiro atoms. The Morgan fingerprint density at radius 1 is 1.19 bits per heavy atom. The van der Waals surface area contributed by atoms with E-state index in [4.69, 9.17) is 22.9 Å². The third kappa shape index (κ3) is 5.75. The van der Waals surface area contributed by atoms with Crippen LogP contribution in [0.5, 0.6) is 0 Å². The minimum Gasteiger partial charge on any atom is -0.480 e. The van der Waals surface area contributed by atoms with Gasteiger partial charge in [0.25, 0.3) is 5.91 Å². The molecule has 3 aromatic carbocycles. The molecule has 1 aromatic heterocycles. The van der Waals surface area contributed by atoms with Gasteiger partial charge in [-0.3, -0.25) is 9.78 Å². The number of hydrogen-bond acceptors (Lipinski definition) is 5. The maximum Gasteiger partial charge on any atom is 0.326 e. The molecule has 0 radical (unpaired) electrons. The van der Waals surface area contributed by atoms with E-state index in [1.54, 1.807) is 53.6 Å². The maximum atomic E-state index is 15.1. The lowest BCUT2D eigenvalue weighted by Crippen LogP contribution is -2.44. The molecule has 1 aliphatic heterocycles. The Kier molecular flexibility index (Phi) is 8.34. The highest BCUT2D eigenvalue weighted by molar-refractivity contribution is 6.34. The van der Waals surface area contributed by atoms with Crippen molar-refractivity contribution < 1.29 is 28.2 Å². The first-order valence-corrected chi connectivity index (χ1v) is 13.5. The Morgan fingerprint density at radius 3 is 2.60 bits per heavy atom. The van der Waals surface area contributed by atoms with Crippen LogP contribution in [0.3, 0.4) is 0 Å². The van der Waals surface area contributed by atoms with E-state index in [0.29, 0.717) is 58.1 Å². The van der Waals surface area contributed by atoms with Crippen LogP contribution >= 0.6 is 11.6 Å². The quantitative estimate of drug-likeness (QED) is 0.255. The summed E-state index contributed by atoms with van der Waals surface area (Å²) >= 11 is 6.44. The molecule has 5 rings (SSSR count). The first kappa shape index (κ1) is 28.9. The molecule has 2 atom stereocenters. The number of carbonyl (C=O) groups excluding carboxylic acids is 1. The summed E-state index contributed by atoms with van der Waals surface area (Å²) in [7, 11) is 0. The van der Waals surface area contributed by atoms with Crippen LogP contribution in [0.1, 0.15) is 22.8 Å². The minimum atomic E-state index is -1.49. The third-order valence-electron chi connectivity index (χ3n) is 7.21. The van der Waals surface area contributed by atoms with E-state index in [1.165, 1.54) is 0 Å². The number of hydrogen-bond donors (Lipinski definition) is 2. The fourth-order valence-electron chi connectivity index (χ4n) is 5.12. The van der Waals surface area contributed by atoms with Gasteiger partial charge in [0, 0.05) is 46.9 Å². The third-order valence-corrected chi connectivity index (χ3v) is 7.53. The highest BCUT2D eigenvalue weighted by atomic mass is 35.5. The van der Waals surface area contributed by atoms with Gasteiger partial charge in [-0.1, -0.05) is 41.9 Å². The topological polar surface area (TPSA) is 96.1 Å². The van der Waals surface area contributed by atoms with Crippen LogP contribution in [0.4, 0.5) is 20.2 Å². The molecule has 4 aromatic rings. The Labute approximate surface area is 245 Å². The van der Waals surface area contributed by atoms with Crippen LogP contribution < -0.4 is 10.2 Å². The van der Waals surface area contributed by atoms with E-state index in [-0.39, 0.29) is 18.2 Å². The fourth-order valence-corrected chi connectivity index (χ4v) is 5.40. The van der Waals surface area contributed by atoms with Gasteiger partial charge < -0.3 is 20.1 Å². The number of ether oxygens (including phenoxy) is 1. The molecule has 0 bridgehead atoms. The minimum absolute atomic E-state index is 0.113. The lowest BCUT2D eigenvalue weighted by Gasteiger charge is -2.35. The van der Waals surface area contributed by atoms with Crippen molar-refractivity contribution in [3.05, 3.63) is 100.0 Å². The summed E-state index contributed by atoms with van der Waals surface area (Å²) < 4.78 is 35.5. The van der Waals surface area contributed by atoms with E-state index < -0.39 is 35.1 Å². The highest BCUT2D eigenvalue weighted by Crippen LogP contribution is 2.36. The standard InChI is InChI=1S/C31H25ClF2N4O4/c1-17-16-42-11-10-38(17)20-14-25(33)28(26(34)15-20)30(39)37-27(31(40)41)12-18-5-7-23(29-21(18)4-3-9-36-29)22-8-6-19(35-2)13-24(22)32/h3-9,13-15,17,27H,10-12,16H2,1H3,(H,37,39)(H,40,41)/t17-,27-/m0/s1. The Bertz CT molecular complexity index is 1720. The number of nitrogens with zero attached hydrogens (tertiary/aromatic N) is 3. The second kappa shape index (κ2) is 12.1. The molecule has 0 unspecified atom stereocenters. The number of carboxylic acids is 1. The number of rotatable bonds is 7. The number of benzene rings is 3. The van der Waals surface area contributed by atoms with E-state index in [0.717, 1.165) is 12.1 Å². The second-order valence-electron chi connectivity index (χ2n) is 9.92. The van der Waals surface area contributed by atoms with Gasteiger partial charge in [-0.15, -0.1) is 0 Å². The molecule has 1 saturated heterocycles. The molecule has 2 N–H and O–H groups in total. The van der Waals surface area contributed by atoms with Gasteiger partial charge in [0.15, 0.2) is 5.69 Å². The lowest BCUT2D eigenvalue weighted by molar-refractivity contribution is -0.139. The molecular weight excluding hydrogens is 566 g/mol. The first-order chi connectivity index (χ1) is 20.2. The van der Waals surface area contributed by atoms with Gasteiger partial charge in [0.1, 0.15) is 23.2 Å². The molecule has 11 heteroatoms. The molecule has 1 fully saturated rings. The molecule has 214 valence electrons. The van der Waals surface area contributed by atoms with E-state index in [2.05, 4.69) is 15.1 Å². The summed E-state index contributed by atoms with van der Waals surface area (Å²) in [5, 5.41) is 13.2. The Morgan fingerprint density at radius 2 is 1.93 bits per heavy atom. The van der Waals surface area contributed by atoms with Gasteiger partial charge >= 0.3 is 5.97 Å². The van der Waals surface area contributed by atoms with Crippen molar-refractivity contribution in [2.24, 2.45) is 0 Å². The predicted octanol–water partition coefficient (Wildman–Crippen LogP) is 6.03. The number of carboxylic acid groups (broad SMARTS) is 1. The summed E-state index contributed by atoms with van der Waals surface area (Å²) in [6, 6.07) is 12.3. The number of carbonyl (C=O) groups is 2. The van der Waals surface area contributed by atoms with Crippen LogP contribution in [0.15, 0.2) is 60.8 Å². The molecular formula is C31H25ClF2N4O4. The van der Waals surface area contributed by atoms with E-state index in [1.807, 2.05) is 6.92 Å². The van der Waals surface area contributed by atoms with Crippen molar-refractivity contribution >= 4 is 45.8 Å². The number of amides is 1. The molecule has 0 saturated carbocycles. The van der Waals surface area contributed by atoms with Crippen LogP contribution in [0.25, 0.3) is 26.9 Å². The van der Waals surface area contributed by atoms with Gasteiger partial charge in [0.05, 0.1) is 25.3 Å². The summed E-state index contributed by atoms with van der Waals surface area (Å²) in [5.74, 6) is -4.73. The number of anilines is 1. The van der Waals surface area contributed by atoms with Crippen molar-refractivity contribution in [3.8, 4) is 11.1 Å². The van der Waals surface area contributed by atoms with E-state index >= 15 is 8.78 Å². The molecule has 8 nitrogen and oxygen atoms in total. The number of nitrogens with one attached hydrogen (secondary N) is 1. The molecule has 42 heavy (non-hydrogen) atoms. The van der Waals surface area contributed by atoms with Crippen molar-refractivity contribution in [2.75, 3.05) is 24.7 Å². The zero-order valence-corrected chi connectivity index (χ0v) is 23.2. The molecule has 1 amide bonds. The van der Waals surface area contributed by atoms with E-state index in [9.17, 15) is 14.7 Å². The predicted molar refractivity (Wildman–Crippen MR) is 155 cm³/mol. The van der Waals surface area contributed by atoms with Crippen LogP contribution in [-0.4, -0.2) is 53.8 Å². The number of fused-ring (bicyclic) bond motifs is 1. The number of aromatic nitrogens is 1. The molecule has 1 aliphatic rings. The summed E-state index contributed by atoms with van der Waals surface area (Å²) in [4.78, 5) is 34.8. The van der Waals surface area contributed by atoms with Crippen LogP contribution in [-0.2, 0) is 16.0 Å². The van der Waals surface area contributed by atoms with Gasteiger partial charge in [-0.05, 0) is 42.3 Å². The Balaban J connectivity index is 1.43. The average molecular weight is 591 g/mol. The zero-order chi connectivity index (χ0) is 30.0. The lowest BCUT2D eigenvalue weighted by atomic mass is 9.95. The highest BCUT2D eigenvalue weighted by Gasteiger charge is 2.28. The van der Waals surface area contributed by atoms with Crippen LogP contribution in [0.2, 0.25) is 5.02 Å². The number of aliphatic carboxylic acids is 1. The number of morpholine rings is 1. The van der Waals surface area contributed by atoms with Gasteiger partial charge in [-0.25, -0.2) is 18.4 Å². The maximum absolute atomic E-state index is 15.1. The number of pyridine rings is 1. The SMILES string of the molecule is [C-]#[N+]c1ccc(-c2ccc(C[C@H](NC(=O)c3c(F)cc(N4CCOC[C@@H]4C)cc3F)C(=O)O)c3cccnc23)c(Cl)c1. The monoisotopic (exact) mass is 590 g/mol. The largest absolute Gasteiger partial charge is 0.480 e. The normalized spacial score (nSPS) is 15.7. The molecule has 0 aliphatic carbocycles. The van der Waals surface area contributed by atoms with Crippen molar-refractivity contribution in [1.82, 2.24) is 10.3 Å². The first-order valence-electron chi connectivity index (χ1n) is 13.1.